The maximum absolute atomic E-state index is 9.22. The zero-order valence-electron chi connectivity index (χ0n) is 6.18. The van der Waals surface area contributed by atoms with E-state index in [1.807, 2.05) is 0 Å². The minimum Gasteiger partial charge on any atom is -0.393 e. The van der Waals surface area contributed by atoms with Crippen molar-refractivity contribution < 1.29 is 9.84 Å². The Morgan fingerprint density at radius 3 is 3.09 bits per heavy atom. The highest BCUT2D eigenvalue weighted by atomic mass is 16.6. The molecule has 0 saturated carbocycles. The summed E-state index contributed by atoms with van der Waals surface area (Å²) in [5.41, 5.74) is 7.93. The van der Waals surface area contributed by atoms with Crippen LogP contribution < -0.4 is 0 Å². The second kappa shape index (κ2) is 4.18. The van der Waals surface area contributed by atoms with Gasteiger partial charge in [-0.1, -0.05) is 5.11 Å². The van der Waals surface area contributed by atoms with E-state index < -0.39 is 0 Å². The lowest BCUT2D eigenvalue weighted by molar-refractivity contribution is 0.145. The number of aliphatic hydroxyl groups excluding tert-OH is 1. The summed E-state index contributed by atoms with van der Waals surface area (Å²) in [6.07, 6.45) is 1.06. The van der Waals surface area contributed by atoms with Gasteiger partial charge < -0.3 is 9.84 Å². The SMILES string of the molecule is [N-]=[N+]=NCC[C@@H](O)C[C@@H]1CO1. The molecule has 1 saturated heterocycles. The summed E-state index contributed by atoms with van der Waals surface area (Å²) in [6.45, 7) is 1.13. The average Bonchev–Trinajstić information content (AvgIpc) is 2.72. The molecule has 11 heavy (non-hydrogen) atoms. The minimum absolute atomic E-state index is 0.246. The largest absolute Gasteiger partial charge is 0.393 e. The van der Waals surface area contributed by atoms with Crippen molar-refractivity contribution in [1.29, 1.82) is 0 Å². The van der Waals surface area contributed by atoms with E-state index in [2.05, 4.69) is 10.0 Å². The maximum Gasteiger partial charge on any atom is 0.0834 e. The van der Waals surface area contributed by atoms with Gasteiger partial charge in [0.25, 0.3) is 0 Å². The summed E-state index contributed by atoms with van der Waals surface area (Å²) in [5, 5.41) is 12.5. The van der Waals surface area contributed by atoms with Gasteiger partial charge >= 0.3 is 0 Å². The smallest absolute Gasteiger partial charge is 0.0834 e. The summed E-state index contributed by atoms with van der Waals surface area (Å²) in [6, 6.07) is 0. The number of epoxide rings is 1. The predicted molar refractivity (Wildman–Crippen MR) is 39.0 cm³/mol. The molecule has 0 spiro atoms. The molecule has 0 aromatic heterocycles. The molecule has 1 heterocycles. The van der Waals surface area contributed by atoms with Gasteiger partial charge in [-0.3, -0.25) is 0 Å². The molecule has 62 valence electrons. The highest BCUT2D eigenvalue weighted by molar-refractivity contribution is 4.73. The zero-order chi connectivity index (χ0) is 8.10. The summed E-state index contributed by atoms with van der Waals surface area (Å²) >= 11 is 0. The molecular weight excluding hydrogens is 146 g/mol. The van der Waals surface area contributed by atoms with E-state index >= 15 is 0 Å². The van der Waals surface area contributed by atoms with Crippen LogP contribution in [0.2, 0.25) is 0 Å². The van der Waals surface area contributed by atoms with Crippen LogP contribution in [0.25, 0.3) is 10.4 Å². The van der Waals surface area contributed by atoms with E-state index in [0.29, 0.717) is 19.4 Å². The lowest BCUT2D eigenvalue weighted by Gasteiger charge is -2.04. The molecule has 0 aromatic rings. The van der Waals surface area contributed by atoms with E-state index in [0.717, 1.165) is 6.61 Å². The Balaban J connectivity index is 1.99. The van der Waals surface area contributed by atoms with E-state index in [1.54, 1.807) is 0 Å². The van der Waals surface area contributed by atoms with E-state index in [4.69, 9.17) is 10.3 Å². The number of hydrogen-bond acceptors (Lipinski definition) is 3. The first-order valence-electron chi connectivity index (χ1n) is 3.63. The van der Waals surface area contributed by atoms with E-state index in [9.17, 15) is 5.11 Å². The molecule has 2 atom stereocenters. The number of ether oxygens (including phenoxy) is 1. The molecule has 1 aliphatic heterocycles. The highest BCUT2D eigenvalue weighted by Crippen LogP contribution is 2.16. The summed E-state index contributed by atoms with van der Waals surface area (Å²) in [7, 11) is 0. The van der Waals surface area contributed by atoms with Crippen LogP contribution in [0.3, 0.4) is 0 Å². The molecule has 0 bridgehead atoms. The standard InChI is InChI=1S/C6H11N3O2/c7-9-8-2-1-5(10)3-6-4-11-6/h5-6,10H,1-4H2/t5-,6-/m1/s1. The van der Waals surface area contributed by atoms with E-state index in [-0.39, 0.29) is 12.2 Å². The molecule has 1 N–H and O–H groups in total. The molecule has 1 fully saturated rings. The monoisotopic (exact) mass is 157 g/mol. The van der Waals surface area contributed by atoms with Gasteiger partial charge in [-0.05, 0) is 12.0 Å². The second-order valence-electron chi connectivity index (χ2n) is 2.59. The van der Waals surface area contributed by atoms with E-state index in [1.165, 1.54) is 0 Å². The van der Waals surface area contributed by atoms with Crippen LogP contribution in [0.4, 0.5) is 0 Å². The lowest BCUT2D eigenvalue weighted by atomic mass is 10.1. The summed E-state index contributed by atoms with van der Waals surface area (Å²) < 4.78 is 4.92. The third-order valence-electron chi connectivity index (χ3n) is 1.56. The van der Waals surface area contributed by atoms with Crippen molar-refractivity contribution in [2.24, 2.45) is 5.11 Å². The van der Waals surface area contributed by atoms with Gasteiger partial charge in [-0.2, -0.15) is 0 Å². The maximum atomic E-state index is 9.22. The van der Waals surface area contributed by atoms with Gasteiger partial charge in [0.15, 0.2) is 0 Å². The Hall–Kier alpha value is -0.770. The first-order chi connectivity index (χ1) is 5.33. The summed E-state index contributed by atoms with van der Waals surface area (Å²) in [4.78, 5) is 2.59. The Morgan fingerprint density at radius 1 is 1.82 bits per heavy atom. The molecule has 1 aliphatic rings. The number of rotatable bonds is 5. The van der Waals surface area contributed by atoms with Crippen molar-refractivity contribution in [3.05, 3.63) is 10.4 Å². The number of azide groups is 1. The third kappa shape index (κ3) is 3.83. The number of hydrogen-bond donors (Lipinski definition) is 1. The van der Waals surface area contributed by atoms with Gasteiger partial charge in [0, 0.05) is 17.9 Å². The molecule has 0 aliphatic carbocycles. The molecule has 0 unspecified atom stereocenters. The molecule has 0 aromatic carbocycles. The van der Waals surface area contributed by atoms with Crippen LogP contribution in [0, 0.1) is 0 Å². The van der Waals surface area contributed by atoms with Crippen LogP contribution in [-0.2, 0) is 4.74 Å². The topological polar surface area (TPSA) is 81.5 Å². The normalized spacial score (nSPS) is 23.9. The average molecular weight is 157 g/mol. The van der Waals surface area contributed by atoms with Crippen molar-refractivity contribution in [3.63, 3.8) is 0 Å². The number of aliphatic hydroxyl groups is 1. The van der Waals surface area contributed by atoms with Gasteiger partial charge in [0.05, 0.1) is 18.8 Å². The van der Waals surface area contributed by atoms with Gasteiger partial charge in [0.2, 0.25) is 0 Å². The van der Waals surface area contributed by atoms with Crippen LogP contribution in [-0.4, -0.2) is 30.5 Å². The molecule has 0 amide bonds. The zero-order valence-corrected chi connectivity index (χ0v) is 6.18. The van der Waals surface area contributed by atoms with Gasteiger partial charge in [-0.25, -0.2) is 0 Å². The third-order valence-corrected chi connectivity index (χ3v) is 1.56. The fourth-order valence-electron chi connectivity index (χ4n) is 0.877. The molecule has 1 rings (SSSR count). The van der Waals surface area contributed by atoms with Crippen molar-refractivity contribution in [2.45, 2.75) is 25.0 Å². The Morgan fingerprint density at radius 2 is 2.55 bits per heavy atom. The minimum atomic E-state index is -0.381. The number of nitrogens with zero attached hydrogens (tertiary/aromatic N) is 3. The fraction of sp³-hybridized carbons (Fsp3) is 1.00. The Kier molecular flexibility index (Phi) is 3.16. The highest BCUT2D eigenvalue weighted by Gasteiger charge is 2.25. The second-order valence-corrected chi connectivity index (χ2v) is 2.59. The van der Waals surface area contributed by atoms with Crippen molar-refractivity contribution >= 4 is 0 Å². The quantitative estimate of drug-likeness (QED) is 0.277. The van der Waals surface area contributed by atoms with Crippen LogP contribution in [0.5, 0.6) is 0 Å². The lowest BCUT2D eigenvalue weighted by Crippen LogP contribution is -2.10. The van der Waals surface area contributed by atoms with Gasteiger partial charge in [0.1, 0.15) is 0 Å². The van der Waals surface area contributed by atoms with Crippen molar-refractivity contribution in [2.75, 3.05) is 13.2 Å². The molecular formula is C6H11N3O2. The van der Waals surface area contributed by atoms with Crippen LogP contribution in [0.15, 0.2) is 5.11 Å². The first-order valence-corrected chi connectivity index (χ1v) is 3.63. The molecule has 0 radical (unpaired) electrons. The Bertz CT molecular complexity index is 163. The Labute approximate surface area is 64.6 Å². The predicted octanol–water partition coefficient (Wildman–Crippen LogP) is 0.837. The molecule has 5 heteroatoms. The van der Waals surface area contributed by atoms with Crippen molar-refractivity contribution in [1.82, 2.24) is 0 Å². The van der Waals surface area contributed by atoms with Crippen molar-refractivity contribution in [3.8, 4) is 0 Å². The molecule has 5 nitrogen and oxygen atoms in total. The fourth-order valence-corrected chi connectivity index (χ4v) is 0.877. The van der Waals surface area contributed by atoms with Crippen LogP contribution >= 0.6 is 0 Å². The summed E-state index contributed by atoms with van der Waals surface area (Å²) in [5.74, 6) is 0. The first kappa shape index (κ1) is 8.33. The van der Waals surface area contributed by atoms with Gasteiger partial charge in [-0.15, -0.1) is 0 Å². The van der Waals surface area contributed by atoms with Crippen LogP contribution in [0.1, 0.15) is 12.8 Å².